The number of pyridine rings is 1. The molecule has 0 atom stereocenters. The minimum atomic E-state index is -0.0595. The lowest BCUT2D eigenvalue weighted by Crippen LogP contribution is -2.19. The third-order valence-electron chi connectivity index (χ3n) is 4.07. The standard InChI is InChI=1S/C19H17N5O/c1-2-24-17(25)10-5-14-13-20-19(22-18(14)24)21-15-6-8-16(9-7-15)23-11-3-4-12-23/h3-13H,2H2,1H3,(H,20,21,22). The van der Waals surface area contributed by atoms with Gasteiger partial charge in [0.2, 0.25) is 5.95 Å². The van der Waals surface area contributed by atoms with Crippen LogP contribution in [0, 0.1) is 0 Å². The molecule has 0 radical (unpaired) electrons. The molecule has 6 nitrogen and oxygen atoms in total. The molecule has 4 rings (SSSR count). The molecule has 0 aliphatic heterocycles. The van der Waals surface area contributed by atoms with Crippen molar-refractivity contribution in [1.29, 1.82) is 0 Å². The lowest BCUT2D eigenvalue weighted by atomic mass is 10.3. The molecular formula is C19H17N5O. The SMILES string of the molecule is CCn1c(=O)ccc2cnc(Nc3ccc(-n4cccc4)cc3)nc21. The Bertz CT molecular complexity index is 1070. The summed E-state index contributed by atoms with van der Waals surface area (Å²) in [5.41, 5.74) is 2.54. The van der Waals surface area contributed by atoms with E-state index in [0.717, 1.165) is 16.8 Å². The summed E-state index contributed by atoms with van der Waals surface area (Å²) in [7, 11) is 0. The van der Waals surface area contributed by atoms with Gasteiger partial charge >= 0.3 is 0 Å². The zero-order chi connectivity index (χ0) is 17.2. The summed E-state index contributed by atoms with van der Waals surface area (Å²) in [4.78, 5) is 20.8. The van der Waals surface area contributed by atoms with Crippen molar-refractivity contribution in [3.63, 3.8) is 0 Å². The van der Waals surface area contributed by atoms with Gasteiger partial charge in [0.1, 0.15) is 5.65 Å². The van der Waals surface area contributed by atoms with Gasteiger partial charge in [0.15, 0.2) is 0 Å². The van der Waals surface area contributed by atoms with Gasteiger partial charge in [0.05, 0.1) is 0 Å². The molecule has 0 aliphatic carbocycles. The second kappa shape index (κ2) is 6.24. The van der Waals surface area contributed by atoms with Gasteiger partial charge in [-0.2, -0.15) is 4.98 Å². The topological polar surface area (TPSA) is 64.7 Å². The Morgan fingerprint density at radius 2 is 1.80 bits per heavy atom. The average Bonchev–Trinajstić information content (AvgIpc) is 3.17. The molecule has 0 amide bonds. The van der Waals surface area contributed by atoms with Gasteiger partial charge in [-0.15, -0.1) is 0 Å². The lowest BCUT2D eigenvalue weighted by molar-refractivity contribution is 0.749. The van der Waals surface area contributed by atoms with Crippen molar-refractivity contribution >= 4 is 22.7 Å². The van der Waals surface area contributed by atoms with Crippen LogP contribution in [0.1, 0.15) is 6.92 Å². The largest absolute Gasteiger partial charge is 0.324 e. The van der Waals surface area contributed by atoms with Crippen molar-refractivity contribution in [2.45, 2.75) is 13.5 Å². The Morgan fingerprint density at radius 1 is 1.04 bits per heavy atom. The first-order chi connectivity index (χ1) is 12.2. The number of fused-ring (bicyclic) bond motifs is 1. The Labute approximate surface area is 144 Å². The predicted molar refractivity (Wildman–Crippen MR) is 98.5 cm³/mol. The molecule has 0 saturated carbocycles. The van der Waals surface area contributed by atoms with Crippen molar-refractivity contribution in [1.82, 2.24) is 19.1 Å². The number of nitrogens with one attached hydrogen (secondary N) is 1. The number of aromatic nitrogens is 4. The van der Waals surface area contributed by atoms with Gasteiger partial charge in [-0.05, 0) is 49.4 Å². The molecule has 0 spiro atoms. The van der Waals surface area contributed by atoms with Gasteiger partial charge < -0.3 is 9.88 Å². The van der Waals surface area contributed by atoms with Crippen molar-refractivity contribution in [3.8, 4) is 5.69 Å². The van der Waals surface area contributed by atoms with E-state index in [-0.39, 0.29) is 5.56 Å². The highest BCUT2D eigenvalue weighted by Gasteiger charge is 2.06. The maximum Gasteiger partial charge on any atom is 0.252 e. The zero-order valence-electron chi connectivity index (χ0n) is 13.8. The van der Waals surface area contributed by atoms with Crippen LogP contribution in [0.2, 0.25) is 0 Å². The summed E-state index contributed by atoms with van der Waals surface area (Å²) >= 11 is 0. The highest BCUT2D eigenvalue weighted by molar-refractivity contribution is 5.75. The average molecular weight is 331 g/mol. The molecule has 0 aliphatic rings. The molecule has 0 unspecified atom stereocenters. The highest BCUT2D eigenvalue weighted by atomic mass is 16.1. The van der Waals surface area contributed by atoms with Crippen LogP contribution in [-0.2, 0) is 6.54 Å². The van der Waals surface area contributed by atoms with E-state index in [9.17, 15) is 4.79 Å². The summed E-state index contributed by atoms with van der Waals surface area (Å²) in [6.45, 7) is 2.49. The van der Waals surface area contributed by atoms with Crippen molar-refractivity contribution < 1.29 is 0 Å². The smallest absolute Gasteiger partial charge is 0.252 e. The minimum absolute atomic E-state index is 0.0595. The number of aryl methyl sites for hydroxylation is 1. The van der Waals surface area contributed by atoms with Crippen LogP contribution in [0.4, 0.5) is 11.6 Å². The number of benzene rings is 1. The Hall–Kier alpha value is -3.41. The highest BCUT2D eigenvalue weighted by Crippen LogP contribution is 2.18. The summed E-state index contributed by atoms with van der Waals surface area (Å²) in [6.07, 6.45) is 5.72. The number of anilines is 2. The third-order valence-corrected chi connectivity index (χ3v) is 4.07. The Morgan fingerprint density at radius 3 is 2.52 bits per heavy atom. The maximum absolute atomic E-state index is 12.0. The molecule has 0 bridgehead atoms. The predicted octanol–water partition coefficient (Wildman–Crippen LogP) is 3.35. The first-order valence-electron chi connectivity index (χ1n) is 8.11. The molecular weight excluding hydrogens is 314 g/mol. The van der Waals surface area contributed by atoms with Crippen molar-refractivity contribution in [2.75, 3.05) is 5.32 Å². The van der Waals surface area contributed by atoms with E-state index in [1.54, 1.807) is 22.9 Å². The molecule has 3 heterocycles. The summed E-state index contributed by atoms with van der Waals surface area (Å²) in [6, 6.07) is 15.3. The van der Waals surface area contributed by atoms with E-state index in [0.29, 0.717) is 18.1 Å². The van der Waals surface area contributed by atoms with E-state index in [2.05, 4.69) is 15.3 Å². The quantitative estimate of drug-likeness (QED) is 0.623. The molecule has 0 saturated heterocycles. The van der Waals surface area contributed by atoms with Crippen LogP contribution in [0.25, 0.3) is 16.7 Å². The van der Waals surface area contributed by atoms with E-state index in [4.69, 9.17) is 0 Å². The van der Waals surface area contributed by atoms with E-state index >= 15 is 0 Å². The van der Waals surface area contributed by atoms with E-state index < -0.39 is 0 Å². The van der Waals surface area contributed by atoms with Gasteiger partial charge in [0.25, 0.3) is 5.56 Å². The molecule has 4 aromatic rings. The summed E-state index contributed by atoms with van der Waals surface area (Å²) in [5, 5.41) is 4.04. The molecule has 6 heteroatoms. The Kier molecular flexibility index (Phi) is 3.78. The van der Waals surface area contributed by atoms with Crippen LogP contribution in [-0.4, -0.2) is 19.1 Å². The number of nitrogens with zero attached hydrogens (tertiary/aromatic N) is 4. The first kappa shape index (κ1) is 15.1. The fourth-order valence-corrected chi connectivity index (χ4v) is 2.79. The molecule has 1 aromatic carbocycles. The zero-order valence-corrected chi connectivity index (χ0v) is 13.8. The fourth-order valence-electron chi connectivity index (χ4n) is 2.79. The summed E-state index contributed by atoms with van der Waals surface area (Å²) < 4.78 is 3.67. The Balaban J connectivity index is 1.65. The van der Waals surface area contributed by atoms with Gasteiger partial charge in [-0.3, -0.25) is 9.36 Å². The number of hydrogen-bond acceptors (Lipinski definition) is 4. The minimum Gasteiger partial charge on any atom is -0.324 e. The van der Waals surface area contributed by atoms with E-state index in [1.807, 2.05) is 60.3 Å². The van der Waals surface area contributed by atoms with Crippen LogP contribution in [0.5, 0.6) is 0 Å². The van der Waals surface area contributed by atoms with Crippen molar-refractivity contribution in [2.24, 2.45) is 0 Å². The number of rotatable bonds is 4. The molecule has 25 heavy (non-hydrogen) atoms. The fraction of sp³-hybridized carbons (Fsp3) is 0.105. The second-order valence-electron chi connectivity index (χ2n) is 5.65. The normalized spacial score (nSPS) is 10.9. The molecule has 124 valence electrons. The molecule has 0 fully saturated rings. The second-order valence-corrected chi connectivity index (χ2v) is 5.65. The van der Waals surface area contributed by atoms with Crippen LogP contribution < -0.4 is 10.9 Å². The van der Waals surface area contributed by atoms with Crippen LogP contribution in [0.15, 0.2) is 71.9 Å². The van der Waals surface area contributed by atoms with Gasteiger partial charge in [0, 0.05) is 48.0 Å². The summed E-state index contributed by atoms with van der Waals surface area (Å²) in [5.74, 6) is 0.467. The van der Waals surface area contributed by atoms with Gasteiger partial charge in [-0.1, -0.05) is 0 Å². The van der Waals surface area contributed by atoms with E-state index in [1.165, 1.54) is 0 Å². The molecule has 3 aromatic heterocycles. The maximum atomic E-state index is 12.0. The van der Waals surface area contributed by atoms with Crippen molar-refractivity contribution in [3.05, 3.63) is 77.5 Å². The molecule has 1 N–H and O–H groups in total. The number of hydrogen-bond donors (Lipinski definition) is 1. The monoisotopic (exact) mass is 331 g/mol. The van der Waals surface area contributed by atoms with Crippen LogP contribution >= 0.6 is 0 Å². The third kappa shape index (κ3) is 2.89. The first-order valence-corrected chi connectivity index (χ1v) is 8.11. The van der Waals surface area contributed by atoms with Crippen LogP contribution in [0.3, 0.4) is 0 Å². The van der Waals surface area contributed by atoms with Gasteiger partial charge in [-0.25, -0.2) is 4.98 Å². The lowest BCUT2D eigenvalue weighted by Gasteiger charge is -2.10.